The van der Waals surface area contributed by atoms with Gasteiger partial charge in [-0.3, -0.25) is 14.2 Å². The SMILES string of the molecule is COc1cc2ncn(CCCC(=O)NCCc3c[nH]c4ccccc34)c(=O)c2cc1OC. The van der Waals surface area contributed by atoms with Gasteiger partial charge in [0.2, 0.25) is 5.91 Å². The summed E-state index contributed by atoms with van der Waals surface area (Å²) in [5.74, 6) is 0.971. The van der Waals surface area contributed by atoms with Crippen molar-refractivity contribution in [1.82, 2.24) is 19.9 Å². The third-order valence-corrected chi connectivity index (χ3v) is 5.52. The van der Waals surface area contributed by atoms with Gasteiger partial charge >= 0.3 is 0 Å². The molecule has 0 spiro atoms. The minimum absolute atomic E-state index is 0.0296. The number of carbonyl (C=O) groups excluding carboxylic acids is 1. The first-order valence-electron chi connectivity index (χ1n) is 10.5. The molecule has 1 amide bonds. The second kappa shape index (κ2) is 9.55. The Hall–Kier alpha value is -3.81. The van der Waals surface area contributed by atoms with Crippen LogP contribution in [0, 0.1) is 0 Å². The zero-order valence-corrected chi connectivity index (χ0v) is 18.2. The van der Waals surface area contributed by atoms with Crippen LogP contribution in [0.15, 0.2) is 53.7 Å². The van der Waals surface area contributed by atoms with Crippen LogP contribution in [-0.2, 0) is 17.8 Å². The first-order valence-corrected chi connectivity index (χ1v) is 10.5. The molecular formula is C24H26N4O4. The van der Waals surface area contributed by atoms with E-state index in [4.69, 9.17) is 9.47 Å². The van der Waals surface area contributed by atoms with Gasteiger partial charge in [0, 0.05) is 42.7 Å². The number of aromatic nitrogens is 3. The van der Waals surface area contributed by atoms with E-state index in [0.29, 0.717) is 48.3 Å². The van der Waals surface area contributed by atoms with Crippen LogP contribution in [0.3, 0.4) is 0 Å². The fourth-order valence-electron chi connectivity index (χ4n) is 3.82. The molecule has 32 heavy (non-hydrogen) atoms. The molecule has 8 nitrogen and oxygen atoms in total. The van der Waals surface area contributed by atoms with Crippen LogP contribution in [0.1, 0.15) is 18.4 Å². The third-order valence-electron chi connectivity index (χ3n) is 5.52. The van der Waals surface area contributed by atoms with Gasteiger partial charge in [-0.25, -0.2) is 4.98 Å². The summed E-state index contributed by atoms with van der Waals surface area (Å²) in [6, 6.07) is 11.4. The third kappa shape index (κ3) is 4.44. The molecule has 0 aliphatic heterocycles. The summed E-state index contributed by atoms with van der Waals surface area (Å²) in [5, 5.41) is 4.59. The summed E-state index contributed by atoms with van der Waals surface area (Å²) < 4.78 is 12.1. The lowest BCUT2D eigenvalue weighted by molar-refractivity contribution is -0.121. The highest BCUT2D eigenvalue weighted by molar-refractivity contribution is 5.83. The molecule has 0 atom stereocenters. The number of aromatic amines is 1. The molecule has 0 saturated heterocycles. The van der Waals surface area contributed by atoms with E-state index < -0.39 is 0 Å². The van der Waals surface area contributed by atoms with E-state index >= 15 is 0 Å². The second-order valence-electron chi connectivity index (χ2n) is 7.53. The maximum Gasteiger partial charge on any atom is 0.261 e. The Balaban J connectivity index is 1.31. The molecule has 0 unspecified atom stereocenters. The van der Waals surface area contributed by atoms with Crippen molar-refractivity contribution in [2.75, 3.05) is 20.8 Å². The van der Waals surface area contributed by atoms with Crippen molar-refractivity contribution in [2.24, 2.45) is 0 Å². The lowest BCUT2D eigenvalue weighted by Gasteiger charge is -2.10. The Morgan fingerprint density at radius 1 is 1.12 bits per heavy atom. The number of para-hydroxylation sites is 1. The number of amides is 1. The normalized spacial score (nSPS) is 11.1. The van der Waals surface area contributed by atoms with E-state index in [9.17, 15) is 9.59 Å². The Morgan fingerprint density at radius 3 is 2.72 bits per heavy atom. The lowest BCUT2D eigenvalue weighted by Crippen LogP contribution is -2.26. The van der Waals surface area contributed by atoms with Crippen molar-refractivity contribution < 1.29 is 14.3 Å². The van der Waals surface area contributed by atoms with Crippen molar-refractivity contribution in [3.63, 3.8) is 0 Å². The molecule has 4 rings (SSSR count). The average molecular weight is 434 g/mol. The number of nitrogens with zero attached hydrogens (tertiary/aromatic N) is 2. The van der Waals surface area contributed by atoms with Gasteiger partial charge in [0.15, 0.2) is 11.5 Å². The molecule has 166 valence electrons. The maximum absolute atomic E-state index is 12.8. The van der Waals surface area contributed by atoms with Gasteiger partial charge in [0.1, 0.15) is 0 Å². The van der Waals surface area contributed by atoms with Crippen molar-refractivity contribution in [2.45, 2.75) is 25.8 Å². The van der Waals surface area contributed by atoms with E-state index in [1.165, 1.54) is 36.1 Å². The van der Waals surface area contributed by atoms with Crippen molar-refractivity contribution in [3.05, 3.63) is 64.8 Å². The molecule has 0 fully saturated rings. The largest absolute Gasteiger partial charge is 0.493 e. The summed E-state index contributed by atoms with van der Waals surface area (Å²) in [6.45, 7) is 0.978. The number of fused-ring (bicyclic) bond motifs is 2. The fraction of sp³-hybridized carbons (Fsp3) is 0.292. The number of H-pyrrole nitrogens is 1. The predicted octanol–water partition coefficient (Wildman–Crippen LogP) is 3.03. The first-order chi connectivity index (χ1) is 15.6. The molecule has 2 aromatic carbocycles. The summed E-state index contributed by atoms with van der Waals surface area (Å²) in [5.41, 5.74) is 2.65. The van der Waals surface area contributed by atoms with Crippen molar-refractivity contribution in [3.8, 4) is 11.5 Å². The fourth-order valence-corrected chi connectivity index (χ4v) is 3.82. The average Bonchev–Trinajstić information content (AvgIpc) is 3.23. The zero-order valence-electron chi connectivity index (χ0n) is 18.2. The monoisotopic (exact) mass is 434 g/mol. The number of methoxy groups -OCH3 is 2. The number of aryl methyl sites for hydroxylation is 1. The zero-order chi connectivity index (χ0) is 22.5. The molecule has 0 aliphatic rings. The predicted molar refractivity (Wildman–Crippen MR) is 123 cm³/mol. The van der Waals surface area contributed by atoms with Crippen LogP contribution in [0.4, 0.5) is 0 Å². The first kappa shape index (κ1) is 21.4. The standard InChI is InChI=1S/C24H26N4O4/c1-31-21-12-18-20(13-22(21)32-2)27-15-28(24(18)30)11-5-8-23(29)25-10-9-16-14-26-19-7-4-3-6-17(16)19/h3-4,6-7,12-15,26H,5,8-11H2,1-2H3,(H,25,29). The molecule has 8 heteroatoms. The highest BCUT2D eigenvalue weighted by atomic mass is 16.5. The quantitative estimate of drug-likeness (QED) is 0.422. The lowest BCUT2D eigenvalue weighted by atomic mass is 10.1. The van der Waals surface area contributed by atoms with Gasteiger partial charge in [-0.15, -0.1) is 0 Å². The van der Waals surface area contributed by atoms with E-state index in [1.807, 2.05) is 24.4 Å². The number of hydrogen-bond donors (Lipinski definition) is 2. The molecule has 4 aromatic rings. The van der Waals surface area contributed by atoms with Gasteiger partial charge in [-0.2, -0.15) is 0 Å². The Morgan fingerprint density at radius 2 is 1.91 bits per heavy atom. The Bertz CT molecular complexity index is 1310. The Kier molecular flexibility index (Phi) is 6.39. The molecule has 2 aromatic heterocycles. The van der Waals surface area contributed by atoms with Crippen molar-refractivity contribution >= 4 is 27.7 Å². The highest BCUT2D eigenvalue weighted by Crippen LogP contribution is 2.29. The summed E-state index contributed by atoms with van der Waals surface area (Å²) in [6.07, 6.45) is 5.13. The van der Waals surface area contributed by atoms with Gasteiger partial charge in [0.05, 0.1) is 31.4 Å². The van der Waals surface area contributed by atoms with Crippen LogP contribution >= 0.6 is 0 Å². The van der Waals surface area contributed by atoms with Crippen LogP contribution in [0.2, 0.25) is 0 Å². The molecule has 0 saturated carbocycles. The van der Waals surface area contributed by atoms with Crippen LogP contribution < -0.4 is 20.3 Å². The van der Waals surface area contributed by atoms with Gasteiger partial charge in [-0.05, 0) is 30.5 Å². The minimum Gasteiger partial charge on any atom is -0.493 e. The summed E-state index contributed by atoms with van der Waals surface area (Å²) in [4.78, 5) is 32.6. The topological polar surface area (TPSA) is 98.2 Å². The van der Waals surface area contributed by atoms with Crippen LogP contribution in [0.5, 0.6) is 11.5 Å². The molecular weight excluding hydrogens is 408 g/mol. The molecule has 0 bridgehead atoms. The number of ether oxygens (including phenoxy) is 2. The summed E-state index contributed by atoms with van der Waals surface area (Å²) >= 11 is 0. The van der Waals surface area contributed by atoms with Gasteiger partial charge in [0.25, 0.3) is 5.56 Å². The molecule has 2 heterocycles. The highest BCUT2D eigenvalue weighted by Gasteiger charge is 2.11. The maximum atomic E-state index is 12.8. The van der Waals surface area contributed by atoms with Crippen molar-refractivity contribution in [1.29, 1.82) is 0 Å². The second-order valence-corrected chi connectivity index (χ2v) is 7.53. The van der Waals surface area contributed by atoms with E-state index in [0.717, 1.165) is 11.9 Å². The molecule has 2 N–H and O–H groups in total. The number of carbonyl (C=O) groups is 1. The molecule has 0 radical (unpaired) electrons. The number of hydrogen-bond acceptors (Lipinski definition) is 5. The minimum atomic E-state index is -0.171. The number of benzene rings is 2. The number of nitrogens with one attached hydrogen (secondary N) is 2. The number of rotatable bonds is 9. The van der Waals surface area contributed by atoms with Crippen LogP contribution in [0.25, 0.3) is 21.8 Å². The summed E-state index contributed by atoms with van der Waals surface area (Å²) in [7, 11) is 3.06. The van der Waals surface area contributed by atoms with E-state index in [-0.39, 0.29) is 11.5 Å². The smallest absolute Gasteiger partial charge is 0.261 e. The van der Waals surface area contributed by atoms with E-state index in [1.54, 1.807) is 12.1 Å². The molecule has 0 aliphatic carbocycles. The van der Waals surface area contributed by atoms with Gasteiger partial charge < -0.3 is 19.8 Å². The van der Waals surface area contributed by atoms with E-state index in [2.05, 4.69) is 21.4 Å². The van der Waals surface area contributed by atoms with Gasteiger partial charge in [-0.1, -0.05) is 18.2 Å². The Labute approximate surface area is 185 Å². The van der Waals surface area contributed by atoms with Crippen LogP contribution in [-0.4, -0.2) is 41.2 Å².